The van der Waals surface area contributed by atoms with Gasteiger partial charge in [0.25, 0.3) is 0 Å². The third-order valence-electron chi connectivity index (χ3n) is 4.78. The lowest BCUT2D eigenvalue weighted by Crippen LogP contribution is -2.65. The van der Waals surface area contributed by atoms with Crippen molar-refractivity contribution < 1.29 is 14.3 Å². The molecule has 2 atom stereocenters. The third-order valence-corrected chi connectivity index (χ3v) is 5.24. The first kappa shape index (κ1) is 16.3. The van der Waals surface area contributed by atoms with Crippen molar-refractivity contribution in [2.24, 2.45) is 0 Å². The van der Waals surface area contributed by atoms with Gasteiger partial charge >= 0.3 is 6.03 Å². The van der Waals surface area contributed by atoms with E-state index >= 15 is 0 Å². The first-order valence-corrected chi connectivity index (χ1v) is 8.94. The van der Waals surface area contributed by atoms with Gasteiger partial charge in [-0.1, -0.05) is 28.1 Å². The van der Waals surface area contributed by atoms with Crippen LogP contribution in [-0.2, 0) is 0 Å². The molecule has 0 unspecified atom stereocenters. The van der Waals surface area contributed by atoms with Crippen LogP contribution in [0, 0.1) is 6.92 Å². The zero-order valence-electron chi connectivity index (χ0n) is 14.3. The molecule has 5 nitrogen and oxygen atoms in total. The fourth-order valence-electron chi connectivity index (χ4n) is 3.71. The van der Waals surface area contributed by atoms with Crippen molar-refractivity contribution in [1.82, 2.24) is 5.32 Å². The van der Waals surface area contributed by atoms with Crippen LogP contribution >= 0.6 is 15.9 Å². The largest absolute Gasteiger partial charge is 0.493 e. The zero-order valence-corrected chi connectivity index (χ0v) is 15.9. The monoisotopic (exact) mass is 402 g/mol. The van der Waals surface area contributed by atoms with Gasteiger partial charge in [-0.3, -0.25) is 4.90 Å². The summed E-state index contributed by atoms with van der Waals surface area (Å²) in [5, 5.41) is 3.11. The lowest BCUT2D eigenvalue weighted by atomic mass is 9.90. The Kier molecular flexibility index (Phi) is 3.68. The fourth-order valence-corrected chi connectivity index (χ4v) is 4.16. The van der Waals surface area contributed by atoms with E-state index in [0.29, 0.717) is 17.9 Å². The molecule has 2 aromatic carbocycles. The maximum Gasteiger partial charge on any atom is 0.325 e. The molecule has 4 rings (SSSR count). The van der Waals surface area contributed by atoms with E-state index in [-0.39, 0.29) is 12.1 Å². The zero-order chi connectivity index (χ0) is 17.8. The van der Waals surface area contributed by atoms with Gasteiger partial charge in [0.05, 0.1) is 13.2 Å². The van der Waals surface area contributed by atoms with Crippen molar-refractivity contribution in [1.29, 1.82) is 0 Å². The maximum atomic E-state index is 12.9. The number of carbonyl (C=O) groups is 1. The summed E-state index contributed by atoms with van der Waals surface area (Å²) in [6, 6.07) is 11.4. The Labute approximate surface area is 155 Å². The van der Waals surface area contributed by atoms with Crippen LogP contribution < -0.4 is 19.7 Å². The predicted molar refractivity (Wildman–Crippen MR) is 99.3 cm³/mol. The fraction of sp³-hybridized carbons (Fsp3) is 0.316. The molecule has 0 spiro atoms. The van der Waals surface area contributed by atoms with Crippen molar-refractivity contribution in [2.45, 2.75) is 32.0 Å². The number of aryl methyl sites for hydroxylation is 1. The molecular formula is C19H19BrN2O3. The molecule has 0 aliphatic carbocycles. The molecule has 130 valence electrons. The second-order valence-corrected chi connectivity index (χ2v) is 7.60. The first-order valence-electron chi connectivity index (χ1n) is 8.15. The average molecular weight is 403 g/mol. The second-order valence-electron chi connectivity index (χ2n) is 6.68. The van der Waals surface area contributed by atoms with Gasteiger partial charge in [0.1, 0.15) is 0 Å². The van der Waals surface area contributed by atoms with Gasteiger partial charge in [-0.05, 0) is 43.7 Å². The van der Waals surface area contributed by atoms with E-state index in [1.165, 1.54) is 0 Å². The SMILES string of the molecule is COc1cc(Br)cc2c1O[C@]1(C)C[C@H]2NC(=O)N1c1cccc(C)c1. The van der Waals surface area contributed by atoms with E-state index in [1.807, 2.05) is 50.2 Å². The van der Waals surface area contributed by atoms with Gasteiger partial charge in [0.2, 0.25) is 0 Å². The number of methoxy groups -OCH3 is 1. The van der Waals surface area contributed by atoms with E-state index in [2.05, 4.69) is 21.2 Å². The van der Waals surface area contributed by atoms with Crippen LogP contribution in [0.15, 0.2) is 40.9 Å². The third kappa shape index (κ3) is 2.56. The molecule has 2 aliphatic rings. The number of rotatable bonds is 2. The minimum atomic E-state index is -0.783. The molecule has 0 radical (unpaired) electrons. The topological polar surface area (TPSA) is 50.8 Å². The van der Waals surface area contributed by atoms with Gasteiger partial charge in [0, 0.05) is 22.1 Å². The van der Waals surface area contributed by atoms with Crippen molar-refractivity contribution in [2.75, 3.05) is 12.0 Å². The molecule has 0 saturated carbocycles. The van der Waals surface area contributed by atoms with Crippen LogP contribution in [0.4, 0.5) is 10.5 Å². The lowest BCUT2D eigenvalue weighted by Gasteiger charge is -2.50. The Morgan fingerprint density at radius 3 is 2.88 bits per heavy atom. The molecule has 2 aliphatic heterocycles. The summed E-state index contributed by atoms with van der Waals surface area (Å²) in [5.41, 5.74) is 2.06. The number of hydrogen-bond donors (Lipinski definition) is 1. The van der Waals surface area contributed by atoms with Crippen LogP contribution in [0.1, 0.15) is 30.5 Å². The highest BCUT2D eigenvalue weighted by atomic mass is 79.9. The number of carbonyl (C=O) groups excluding carboxylic acids is 1. The highest BCUT2D eigenvalue weighted by Crippen LogP contribution is 2.50. The van der Waals surface area contributed by atoms with Crippen molar-refractivity contribution >= 4 is 27.6 Å². The van der Waals surface area contributed by atoms with E-state index in [9.17, 15) is 4.79 Å². The Morgan fingerprint density at radius 1 is 1.36 bits per heavy atom. The summed E-state index contributed by atoms with van der Waals surface area (Å²) in [4.78, 5) is 14.6. The number of hydrogen-bond acceptors (Lipinski definition) is 3. The molecule has 1 fully saturated rings. The predicted octanol–water partition coefficient (Wildman–Crippen LogP) is 4.54. The molecule has 2 heterocycles. The van der Waals surface area contributed by atoms with Gasteiger partial charge in [-0.2, -0.15) is 0 Å². The Balaban J connectivity index is 1.84. The quantitative estimate of drug-likeness (QED) is 0.802. The van der Waals surface area contributed by atoms with Gasteiger partial charge in [-0.15, -0.1) is 0 Å². The molecule has 2 amide bonds. The number of fused-ring (bicyclic) bond motifs is 4. The highest BCUT2D eigenvalue weighted by molar-refractivity contribution is 9.10. The van der Waals surface area contributed by atoms with E-state index in [4.69, 9.17) is 9.47 Å². The second kappa shape index (κ2) is 5.66. The summed E-state index contributed by atoms with van der Waals surface area (Å²) in [6.07, 6.45) is 0.652. The highest BCUT2D eigenvalue weighted by Gasteiger charge is 2.50. The smallest absolute Gasteiger partial charge is 0.325 e. The number of ether oxygens (including phenoxy) is 2. The minimum Gasteiger partial charge on any atom is -0.493 e. The van der Waals surface area contributed by atoms with E-state index in [1.54, 1.807) is 12.0 Å². The summed E-state index contributed by atoms with van der Waals surface area (Å²) >= 11 is 3.50. The molecule has 2 aromatic rings. The molecule has 1 N–H and O–H groups in total. The number of anilines is 1. The van der Waals surface area contributed by atoms with Crippen molar-refractivity contribution in [3.05, 3.63) is 52.0 Å². The molecular weight excluding hydrogens is 384 g/mol. The number of benzene rings is 2. The standard InChI is InChI=1S/C19H19BrN2O3/c1-11-5-4-6-13(7-11)22-18(23)21-15-10-19(22,2)25-17-14(15)8-12(20)9-16(17)24-3/h4-9,15H,10H2,1-3H3,(H,21,23)/t15-,19-/m1/s1. The van der Waals surface area contributed by atoms with Gasteiger partial charge in [-0.25, -0.2) is 4.79 Å². The van der Waals surface area contributed by atoms with Crippen LogP contribution in [0.5, 0.6) is 11.5 Å². The summed E-state index contributed by atoms with van der Waals surface area (Å²) in [6.45, 7) is 3.96. The molecule has 1 saturated heterocycles. The van der Waals surface area contributed by atoms with Crippen LogP contribution in [0.3, 0.4) is 0 Å². The molecule has 6 heteroatoms. The van der Waals surface area contributed by atoms with Crippen LogP contribution in [-0.4, -0.2) is 18.9 Å². The normalized spacial score (nSPS) is 24.2. The average Bonchev–Trinajstić information content (AvgIpc) is 2.54. The van der Waals surface area contributed by atoms with Gasteiger partial charge < -0.3 is 14.8 Å². The Bertz CT molecular complexity index is 870. The lowest BCUT2D eigenvalue weighted by molar-refractivity contribution is 0.0349. The van der Waals surface area contributed by atoms with Gasteiger partial charge in [0.15, 0.2) is 17.2 Å². The Morgan fingerprint density at radius 2 is 2.16 bits per heavy atom. The number of halogens is 1. The molecule has 2 bridgehead atoms. The molecule has 25 heavy (non-hydrogen) atoms. The number of amides is 2. The van der Waals surface area contributed by atoms with Crippen LogP contribution in [0.25, 0.3) is 0 Å². The van der Waals surface area contributed by atoms with E-state index in [0.717, 1.165) is 21.3 Å². The summed E-state index contributed by atoms with van der Waals surface area (Å²) in [7, 11) is 1.62. The maximum absolute atomic E-state index is 12.9. The number of nitrogens with zero attached hydrogens (tertiary/aromatic N) is 1. The molecule has 0 aromatic heterocycles. The number of nitrogens with one attached hydrogen (secondary N) is 1. The van der Waals surface area contributed by atoms with Crippen molar-refractivity contribution in [3.63, 3.8) is 0 Å². The Hall–Kier alpha value is -2.21. The first-order chi connectivity index (χ1) is 11.9. The summed E-state index contributed by atoms with van der Waals surface area (Å²) in [5.74, 6) is 1.34. The number of urea groups is 1. The minimum absolute atomic E-state index is 0.117. The summed E-state index contributed by atoms with van der Waals surface area (Å²) < 4.78 is 12.8. The van der Waals surface area contributed by atoms with Crippen molar-refractivity contribution in [3.8, 4) is 11.5 Å². The van der Waals surface area contributed by atoms with Crippen LogP contribution in [0.2, 0.25) is 0 Å². The van der Waals surface area contributed by atoms with E-state index < -0.39 is 5.72 Å².